The topological polar surface area (TPSA) is 38.1 Å². The van der Waals surface area contributed by atoms with Crippen molar-refractivity contribution in [3.63, 3.8) is 0 Å². The van der Waals surface area contributed by atoms with Crippen LogP contribution >= 0.6 is 11.3 Å². The molecule has 0 amide bonds. The summed E-state index contributed by atoms with van der Waals surface area (Å²) in [6.07, 6.45) is 8.79. The Morgan fingerprint density at radius 2 is 2.13 bits per heavy atom. The smallest absolute Gasteiger partial charge is 0.151 e. The minimum atomic E-state index is 0.690. The van der Waals surface area contributed by atoms with E-state index in [0.29, 0.717) is 6.04 Å². The predicted molar refractivity (Wildman–Crippen MR) is 92.1 cm³/mol. The molecule has 5 rings (SSSR count). The maximum Gasteiger partial charge on any atom is 0.151 e. The molecule has 0 spiro atoms. The highest BCUT2D eigenvalue weighted by molar-refractivity contribution is 7.13. The van der Waals surface area contributed by atoms with Crippen LogP contribution in [-0.2, 0) is 6.54 Å². The van der Waals surface area contributed by atoms with E-state index in [1.54, 1.807) is 11.3 Å². The monoisotopic (exact) mass is 328 g/mol. The van der Waals surface area contributed by atoms with Crippen LogP contribution in [0.5, 0.6) is 0 Å². The van der Waals surface area contributed by atoms with Gasteiger partial charge >= 0.3 is 0 Å². The Kier molecular flexibility index (Phi) is 3.56. The summed E-state index contributed by atoms with van der Waals surface area (Å²) in [5.41, 5.74) is 0.970. The quantitative estimate of drug-likeness (QED) is 0.883. The Morgan fingerprint density at radius 3 is 3.04 bits per heavy atom. The van der Waals surface area contributed by atoms with Crippen molar-refractivity contribution < 1.29 is 4.52 Å². The van der Waals surface area contributed by atoms with Crippen molar-refractivity contribution >= 4 is 11.3 Å². The molecule has 0 aromatic carbocycles. The Morgan fingerprint density at radius 1 is 1.17 bits per heavy atom. The lowest BCUT2D eigenvalue weighted by Crippen LogP contribution is -2.50. The molecule has 3 nitrogen and oxygen atoms in total. The standard InChI is InChI=1S/C19H24N2OS/c1-2-19(23-5-1)18-10-15(22-21-18)11-20-17-9-13-6-12-3-4-16(17)14(7-12)8-13/h1-2,5,10,12-14,16-17,20H,3-4,6-9,11H2. The van der Waals surface area contributed by atoms with E-state index in [1.165, 1.54) is 43.4 Å². The highest BCUT2D eigenvalue weighted by atomic mass is 32.1. The van der Waals surface area contributed by atoms with Crippen LogP contribution in [-0.4, -0.2) is 11.2 Å². The van der Waals surface area contributed by atoms with Crippen LogP contribution < -0.4 is 5.32 Å². The first-order chi connectivity index (χ1) is 11.3. The van der Waals surface area contributed by atoms with Crippen molar-refractivity contribution in [1.29, 1.82) is 0 Å². The lowest BCUT2D eigenvalue weighted by molar-refractivity contribution is 0.00549. The van der Waals surface area contributed by atoms with E-state index >= 15 is 0 Å². The molecule has 0 saturated heterocycles. The lowest BCUT2D eigenvalue weighted by atomic mass is 9.56. The summed E-state index contributed by atoms with van der Waals surface area (Å²) in [7, 11) is 0. The Hall–Kier alpha value is -1.13. The van der Waals surface area contributed by atoms with Crippen molar-refractivity contribution in [1.82, 2.24) is 10.5 Å². The second-order valence-electron chi connectivity index (χ2n) is 7.82. The number of aromatic nitrogens is 1. The summed E-state index contributed by atoms with van der Waals surface area (Å²) >= 11 is 1.71. The lowest BCUT2D eigenvalue weighted by Gasteiger charge is -2.52. The van der Waals surface area contributed by atoms with Crippen molar-refractivity contribution in [2.75, 3.05) is 0 Å². The van der Waals surface area contributed by atoms with Gasteiger partial charge in [-0.15, -0.1) is 11.3 Å². The molecule has 3 aliphatic rings. The van der Waals surface area contributed by atoms with E-state index in [-0.39, 0.29) is 0 Å². The molecule has 3 aliphatic carbocycles. The zero-order valence-corrected chi connectivity index (χ0v) is 14.2. The molecular weight excluding hydrogens is 304 g/mol. The number of rotatable bonds is 4. The summed E-state index contributed by atoms with van der Waals surface area (Å²) in [5, 5.41) is 10.1. The predicted octanol–water partition coefficient (Wildman–Crippen LogP) is 4.71. The third-order valence-corrected chi connectivity index (χ3v) is 7.32. The highest BCUT2D eigenvalue weighted by Crippen LogP contribution is 2.52. The molecule has 23 heavy (non-hydrogen) atoms. The molecule has 3 bridgehead atoms. The fraction of sp³-hybridized carbons (Fsp3) is 0.632. The van der Waals surface area contributed by atoms with E-state index in [2.05, 4.69) is 34.1 Å². The number of hydrogen-bond donors (Lipinski definition) is 1. The van der Waals surface area contributed by atoms with Gasteiger partial charge in [0.05, 0.1) is 11.4 Å². The van der Waals surface area contributed by atoms with Gasteiger partial charge in [0.2, 0.25) is 0 Å². The molecule has 1 N–H and O–H groups in total. The fourth-order valence-electron chi connectivity index (χ4n) is 5.52. The van der Waals surface area contributed by atoms with Crippen molar-refractivity contribution in [2.45, 2.75) is 51.1 Å². The highest BCUT2D eigenvalue weighted by Gasteiger charge is 2.45. The maximum absolute atomic E-state index is 5.55. The summed E-state index contributed by atoms with van der Waals surface area (Å²) in [5.74, 6) is 4.90. The number of nitrogens with one attached hydrogen (secondary N) is 1. The third-order valence-electron chi connectivity index (χ3n) is 6.43. The Bertz CT molecular complexity index is 659. The first-order valence-corrected chi connectivity index (χ1v) is 9.96. The normalized spacial score (nSPS) is 35.6. The van der Waals surface area contributed by atoms with Gasteiger partial charge in [0.25, 0.3) is 0 Å². The van der Waals surface area contributed by atoms with Gasteiger partial charge in [-0.3, -0.25) is 0 Å². The van der Waals surface area contributed by atoms with Gasteiger partial charge < -0.3 is 9.84 Å². The first kappa shape index (κ1) is 14.2. The maximum atomic E-state index is 5.55. The van der Waals surface area contributed by atoms with Crippen molar-refractivity contribution in [3.05, 3.63) is 29.3 Å². The van der Waals surface area contributed by atoms with E-state index in [9.17, 15) is 0 Å². The van der Waals surface area contributed by atoms with Crippen LogP contribution in [0.15, 0.2) is 28.1 Å². The molecule has 4 heteroatoms. The van der Waals surface area contributed by atoms with E-state index in [1.807, 2.05) is 0 Å². The van der Waals surface area contributed by atoms with Gasteiger partial charge in [0, 0.05) is 12.1 Å². The number of fused-ring (bicyclic) bond motifs is 2. The molecule has 3 fully saturated rings. The van der Waals surface area contributed by atoms with Crippen LogP contribution in [0.2, 0.25) is 0 Å². The van der Waals surface area contributed by atoms with Gasteiger partial charge in [0.1, 0.15) is 5.69 Å². The molecule has 5 atom stereocenters. The van der Waals surface area contributed by atoms with Gasteiger partial charge in [-0.25, -0.2) is 0 Å². The summed E-state index contributed by atoms with van der Waals surface area (Å²) in [6.45, 7) is 0.822. The Balaban J connectivity index is 1.26. The number of hydrogen-bond acceptors (Lipinski definition) is 4. The minimum Gasteiger partial charge on any atom is -0.359 e. The van der Waals surface area contributed by atoms with E-state index in [0.717, 1.165) is 41.7 Å². The first-order valence-electron chi connectivity index (χ1n) is 9.08. The number of thiophene rings is 1. The summed E-state index contributed by atoms with van der Waals surface area (Å²) in [4.78, 5) is 1.19. The van der Waals surface area contributed by atoms with E-state index < -0.39 is 0 Å². The Labute approximate surface area is 141 Å². The van der Waals surface area contributed by atoms with Gasteiger partial charge in [-0.05, 0) is 67.2 Å². The van der Waals surface area contributed by atoms with Crippen molar-refractivity contribution in [2.24, 2.45) is 23.7 Å². The molecule has 2 aromatic rings. The average molecular weight is 328 g/mol. The molecule has 0 radical (unpaired) electrons. The van der Waals surface area contributed by atoms with Gasteiger partial charge in [-0.1, -0.05) is 17.6 Å². The molecule has 0 aliphatic heterocycles. The molecule has 2 aromatic heterocycles. The second-order valence-corrected chi connectivity index (χ2v) is 8.77. The molecule has 5 unspecified atom stereocenters. The van der Waals surface area contributed by atoms with Crippen LogP contribution in [0.3, 0.4) is 0 Å². The third kappa shape index (κ3) is 2.66. The van der Waals surface area contributed by atoms with Gasteiger partial charge in [-0.2, -0.15) is 0 Å². The molecule has 122 valence electrons. The zero-order chi connectivity index (χ0) is 15.2. The fourth-order valence-corrected chi connectivity index (χ4v) is 6.20. The average Bonchev–Trinajstić information content (AvgIpc) is 3.22. The van der Waals surface area contributed by atoms with E-state index in [4.69, 9.17) is 4.52 Å². The summed E-state index contributed by atoms with van der Waals surface area (Å²) < 4.78 is 5.55. The van der Waals surface area contributed by atoms with Crippen LogP contribution in [0.1, 0.15) is 44.3 Å². The van der Waals surface area contributed by atoms with Crippen LogP contribution in [0.4, 0.5) is 0 Å². The molecular formula is C19H24N2OS. The SMILES string of the molecule is c1csc(-c2cc(CNC3CC4CC5CCC3C(C5)C4)on2)c1. The molecule has 2 heterocycles. The zero-order valence-electron chi connectivity index (χ0n) is 13.4. The molecule has 3 saturated carbocycles. The minimum absolute atomic E-state index is 0.690. The summed E-state index contributed by atoms with van der Waals surface area (Å²) in [6, 6.07) is 6.94. The van der Waals surface area contributed by atoms with Gasteiger partial charge in [0.15, 0.2) is 5.76 Å². The number of nitrogens with zero attached hydrogens (tertiary/aromatic N) is 1. The van der Waals surface area contributed by atoms with Crippen LogP contribution in [0, 0.1) is 23.7 Å². The van der Waals surface area contributed by atoms with Crippen LogP contribution in [0.25, 0.3) is 10.6 Å². The second kappa shape index (κ2) is 5.75. The van der Waals surface area contributed by atoms with Crippen molar-refractivity contribution in [3.8, 4) is 10.6 Å². The largest absolute Gasteiger partial charge is 0.359 e.